The lowest BCUT2D eigenvalue weighted by Crippen LogP contribution is -2.46. The third kappa shape index (κ3) is 3.19. The molecule has 17 heavy (non-hydrogen) atoms. The average Bonchev–Trinajstić information content (AvgIpc) is 2.31. The van der Waals surface area contributed by atoms with E-state index in [1.165, 1.54) is 25.1 Å². The lowest BCUT2D eigenvalue weighted by Gasteiger charge is -2.36. The number of hydrogen-bond acceptors (Lipinski definition) is 2. The molecule has 4 heteroatoms. The van der Waals surface area contributed by atoms with Gasteiger partial charge in [0.15, 0.2) is 0 Å². The van der Waals surface area contributed by atoms with E-state index in [0.717, 1.165) is 36.3 Å². The summed E-state index contributed by atoms with van der Waals surface area (Å²) in [5.41, 5.74) is 1.10. The molecule has 0 radical (unpaired) electrons. The van der Waals surface area contributed by atoms with Crippen LogP contribution >= 0.6 is 15.9 Å². The normalized spacial score (nSPS) is 17.5. The van der Waals surface area contributed by atoms with E-state index < -0.39 is 0 Å². The summed E-state index contributed by atoms with van der Waals surface area (Å²) in [5, 5.41) is 0. The summed E-state index contributed by atoms with van der Waals surface area (Å²) in [5.74, 6) is -0.190. The molecule has 2 nitrogen and oxygen atoms in total. The minimum Gasteiger partial charge on any atom is -0.368 e. The highest BCUT2D eigenvalue weighted by Gasteiger charge is 2.18. The Labute approximate surface area is 111 Å². The molecule has 1 fully saturated rings. The SMILES string of the molecule is CCCN1CCN(c2ccc(F)cc2Br)CC1. The quantitative estimate of drug-likeness (QED) is 0.846. The highest BCUT2D eigenvalue weighted by Crippen LogP contribution is 2.27. The van der Waals surface area contributed by atoms with Crippen molar-refractivity contribution in [2.75, 3.05) is 37.6 Å². The molecule has 1 aromatic carbocycles. The molecule has 2 rings (SSSR count). The number of rotatable bonds is 3. The standard InChI is InChI=1S/C13H18BrFN2/c1-2-5-16-6-8-17(9-7-16)13-4-3-11(15)10-12(13)14/h3-4,10H,2,5-9H2,1H3. The lowest BCUT2D eigenvalue weighted by atomic mass is 10.2. The van der Waals surface area contributed by atoms with Crippen LogP contribution in [0.4, 0.5) is 10.1 Å². The Bertz CT molecular complexity index is 376. The van der Waals surface area contributed by atoms with E-state index >= 15 is 0 Å². The van der Waals surface area contributed by atoms with Crippen LogP contribution in [-0.4, -0.2) is 37.6 Å². The van der Waals surface area contributed by atoms with Crippen molar-refractivity contribution in [2.24, 2.45) is 0 Å². The Morgan fingerprint density at radius 3 is 2.53 bits per heavy atom. The topological polar surface area (TPSA) is 6.48 Å². The van der Waals surface area contributed by atoms with Crippen LogP contribution in [0.2, 0.25) is 0 Å². The van der Waals surface area contributed by atoms with Crippen LogP contribution in [0, 0.1) is 5.82 Å². The smallest absolute Gasteiger partial charge is 0.124 e. The summed E-state index contributed by atoms with van der Waals surface area (Å²) in [7, 11) is 0. The van der Waals surface area contributed by atoms with Gasteiger partial charge in [0.05, 0.1) is 5.69 Å². The zero-order chi connectivity index (χ0) is 12.3. The number of anilines is 1. The molecule has 0 unspecified atom stereocenters. The van der Waals surface area contributed by atoms with Gasteiger partial charge in [-0.1, -0.05) is 6.92 Å². The molecule has 1 aliphatic rings. The van der Waals surface area contributed by atoms with E-state index in [-0.39, 0.29) is 5.82 Å². The molecular weight excluding hydrogens is 283 g/mol. The van der Waals surface area contributed by atoms with Gasteiger partial charge in [0.1, 0.15) is 5.82 Å². The van der Waals surface area contributed by atoms with E-state index in [4.69, 9.17) is 0 Å². The van der Waals surface area contributed by atoms with Crippen LogP contribution < -0.4 is 4.90 Å². The van der Waals surface area contributed by atoms with Gasteiger partial charge in [-0.15, -0.1) is 0 Å². The molecule has 0 N–H and O–H groups in total. The summed E-state index contributed by atoms with van der Waals surface area (Å²) < 4.78 is 13.9. The van der Waals surface area contributed by atoms with Gasteiger partial charge in [-0.2, -0.15) is 0 Å². The van der Waals surface area contributed by atoms with Gasteiger partial charge in [0, 0.05) is 30.7 Å². The van der Waals surface area contributed by atoms with Crippen molar-refractivity contribution in [3.63, 3.8) is 0 Å². The maximum absolute atomic E-state index is 13.0. The molecule has 0 atom stereocenters. The summed E-state index contributed by atoms with van der Waals surface area (Å²) in [6.07, 6.45) is 1.21. The van der Waals surface area contributed by atoms with Crippen molar-refractivity contribution >= 4 is 21.6 Å². The van der Waals surface area contributed by atoms with Gasteiger partial charge in [0.2, 0.25) is 0 Å². The molecule has 1 aliphatic heterocycles. The van der Waals surface area contributed by atoms with Crippen LogP contribution in [0.15, 0.2) is 22.7 Å². The number of benzene rings is 1. The van der Waals surface area contributed by atoms with Crippen molar-refractivity contribution < 1.29 is 4.39 Å². The van der Waals surface area contributed by atoms with Crippen LogP contribution in [-0.2, 0) is 0 Å². The first-order chi connectivity index (χ1) is 8.20. The molecule has 1 heterocycles. The van der Waals surface area contributed by atoms with Gasteiger partial charge in [-0.05, 0) is 47.1 Å². The summed E-state index contributed by atoms with van der Waals surface area (Å²) in [6, 6.07) is 4.92. The third-order valence-electron chi connectivity index (χ3n) is 3.16. The number of hydrogen-bond donors (Lipinski definition) is 0. The van der Waals surface area contributed by atoms with E-state index in [0.29, 0.717) is 0 Å². The summed E-state index contributed by atoms with van der Waals surface area (Å²) in [4.78, 5) is 4.80. The zero-order valence-electron chi connectivity index (χ0n) is 10.1. The Kier molecular flexibility index (Phi) is 4.40. The van der Waals surface area contributed by atoms with E-state index in [9.17, 15) is 4.39 Å². The predicted molar refractivity (Wildman–Crippen MR) is 73.0 cm³/mol. The van der Waals surface area contributed by atoms with Crippen LogP contribution in [0.1, 0.15) is 13.3 Å². The van der Waals surface area contributed by atoms with Gasteiger partial charge in [-0.3, -0.25) is 4.90 Å². The Hall–Kier alpha value is -0.610. The van der Waals surface area contributed by atoms with Gasteiger partial charge >= 0.3 is 0 Å². The van der Waals surface area contributed by atoms with Crippen LogP contribution in [0.5, 0.6) is 0 Å². The first-order valence-corrected chi connectivity index (χ1v) is 6.92. The van der Waals surface area contributed by atoms with Crippen molar-refractivity contribution in [1.29, 1.82) is 0 Å². The van der Waals surface area contributed by atoms with Crippen LogP contribution in [0.25, 0.3) is 0 Å². The predicted octanol–water partition coefficient (Wildman–Crippen LogP) is 3.12. The first kappa shape index (κ1) is 12.8. The Morgan fingerprint density at radius 2 is 1.94 bits per heavy atom. The molecular formula is C13H18BrFN2. The third-order valence-corrected chi connectivity index (χ3v) is 3.80. The van der Waals surface area contributed by atoms with Crippen molar-refractivity contribution in [3.8, 4) is 0 Å². The first-order valence-electron chi connectivity index (χ1n) is 6.13. The monoisotopic (exact) mass is 300 g/mol. The maximum atomic E-state index is 13.0. The largest absolute Gasteiger partial charge is 0.368 e. The fraction of sp³-hybridized carbons (Fsp3) is 0.538. The number of piperazine rings is 1. The molecule has 94 valence electrons. The highest BCUT2D eigenvalue weighted by atomic mass is 79.9. The maximum Gasteiger partial charge on any atom is 0.124 e. The van der Waals surface area contributed by atoms with Gasteiger partial charge in [0.25, 0.3) is 0 Å². The summed E-state index contributed by atoms with van der Waals surface area (Å²) >= 11 is 3.43. The number of halogens is 2. The van der Waals surface area contributed by atoms with Gasteiger partial charge < -0.3 is 4.90 Å². The molecule has 0 spiro atoms. The summed E-state index contributed by atoms with van der Waals surface area (Å²) in [6.45, 7) is 7.62. The average molecular weight is 301 g/mol. The minimum atomic E-state index is -0.190. The highest BCUT2D eigenvalue weighted by molar-refractivity contribution is 9.10. The Morgan fingerprint density at radius 1 is 1.24 bits per heavy atom. The second-order valence-corrected chi connectivity index (χ2v) is 5.28. The van der Waals surface area contributed by atoms with E-state index in [1.807, 2.05) is 6.07 Å². The second kappa shape index (κ2) is 5.83. The van der Waals surface area contributed by atoms with Gasteiger partial charge in [-0.25, -0.2) is 4.39 Å². The molecule has 0 bridgehead atoms. The van der Waals surface area contributed by atoms with Crippen molar-refractivity contribution in [1.82, 2.24) is 4.90 Å². The Balaban J connectivity index is 2.00. The molecule has 0 aromatic heterocycles. The fourth-order valence-corrected chi connectivity index (χ4v) is 2.87. The van der Waals surface area contributed by atoms with E-state index in [2.05, 4.69) is 32.7 Å². The molecule has 0 aliphatic carbocycles. The molecule has 0 amide bonds. The number of nitrogens with zero attached hydrogens (tertiary/aromatic N) is 2. The molecule has 1 aromatic rings. The molecule has 1 saturated heterocycles. The van der Waals surface area contributed by atoms with Crippen molar-refractivity contribution in [2.45, 2.75) is 13.3 Å². The second-order valence-electron chi connectivity index (χ2n) is 4.42. The van der Waals surface area contributed by atoms with E-state index in [1.54, 1.807) is 0 Å². The minimum absolute atomic E-state index is 0.190. The van der Waals surface area contributed by atoms with Crippen LogP contribution in [0.3, 0.4) is 0 Å². The van der Waals surface area contributed by atoms with Crippen molar-refractivity contribution in [3.05, 3.63) is 28.5 Å². The lowest BCUT2D eigenvalue weighted by molar-refractivity contribution is 0.258. The molecule has 0 saturated carbocycles. The fourth-order valence-electron chi connectivity index (χ4n) is 2.27. The zero-order valence-corrected chi connectivity index (χ0v) is 11.7.